The van der Waals surface area contributed by atoms with Crippen LogP contribution in [-0.2, 0) is 19.6 Å². The van der Waals surface area contributed by atoms with Gasteiger partial charge in [-0.2, -0.15) is 8.42 Å². The Hall–Kier alpha value is -1.86. The molecule has 0 saturated heterocycles. The first-order valence-electron chi connectivity index (χ1n) is 4.93. The Labute approximate surface area is 105 Å². The van der Waals surface area contributed by atoms with Gasteiger partial charge in [-0.25, -0.2) is 4.79 Å². The van der Waals surface area contributed by atoms with E-state index in [4.69, 9.17) is 9.29 Å². The summed E-state index contributed by atoms with van der Waals surface area (Å²) in [5.41, 5.74) is 0. The van der Waals surface area contributed by atoms with Gasteiger partial charge in [0.25, 0.3) is 10.1 Å². The first-order valence-corrected chi connectivity index (χ1v) is 6.37. The number of carbonyl (C=O) groups excluding carboxylic acids is 1. The number of rotatable bonds is 6. The molecule has 1 rings (SSSR count). The zero-order valence-electron chi connectivity index (χ0n) is 9.40. The zero-order chi connectivity index (χ0) is 13.6. The maximum absolute atomic E-state index is 11.0. The van der Waals surface area contributed by atoms with Crippen LogP contribution in [0.15, 0.2) is 41.8 Å². The number of benzene rings is 1. The van der Waals surface area contributed by atoms with Crippen LogP contribution >= 0.6 is 0 Å². The van der Waals surface area contributed by atoms with Crippen LogP contribution in [0.3, 0.4) is 0 Å². The molecule has 7 heteroatoms. The van der Waals surface area contributed by atoms with Crippen molar-refractivity contribution in [3.05, 3.63) is 36.9 Å². The van der Waals surface area contributed by atoms with Crippen LogP contribution in [-0.4, -0.2) is 32.2 Å². The molecule has 0 atom stereocenters. The summed E-state index contributed by atoms with van der Waals surface area (Å²) in [4.78, 5) is 10.4. The maximum atomic E-state index is 11.0. The average Bonchev–Trinajstić information content (AvgIpc) is 2.33. The van der Waals surface area contributed by atoms with Gasteiger partial charge in [0.15, 0.2) is 0 Å². The van der Waals surface area contributed by atoms with Crippen molar-refractivity contribution in [1.82, 2.24) is 0 Å². The minimum absolute atomic E-state index is 0.00495. The number of esters is 1. The fourth-order valence-corrected chi connectivity index (χ4v) is 1.77. The first-order chi connectivity index (χ1) is 8.45. The van der Waals surface area contributed by atoms with E-state index in [9.17, 15) is 13.2 Å². The molecule has 0 amide bonds. The van der Waals surface area contributed by atoms with Gasteiger partial charge < -0.3 is 9.47 Å². The zero-order valence-corrected chi connectivity index (χ0v) is 10.2. The second-order valence-corrected chi connectivity index (χ2v) is 4.53. The fourth-order valence-electron chi connectivity index (χ4n) is 1.14. The Morgan fingerprint density at radius 3 is 2.61 bits per heavy atom. The van der Waals surface area contributed by atoms with Crippen LogP contribution in [0, 0.1) is 0 Å². The van der Waals surface area contributed by atoms with E-state index in [1.807, 2.05) is 0 Å². The predicted molar refractivity (Wildman–Crippen MR) is 62.9 cm³/mol. The summed E-state index contributed by atoms with van der Waals surface area (Å²) < 4.78 is 40.7. The fraction of sp³-hybridized carbons (Fsp3) is 0.182. The van der Waals surface area contributed by atoms with Crippen LogP contribution in [0.5, 0.6) is 5.75 Å². The second-order valence-electron chi connectivity index (χ2n) is 3.14. The van der Waals surface area contributed by atoms with E-state index >= 15 is 0 Å². The van der Waals surface area contributed by atoms with Crippen LogP contribution in [0.25, 0.3) is 0 Å². The summed E-state index contributed by atoms with van der Waals surface area (Å²) in [5.74, 6) is -0.601. The van der Waals surface area contributed by atoms with E-state index in [0.717, 1.165) is 6.08 Å². The minimum atomic E-state index is -4.34. The Bertz CT molecular complexity index is 534. The molecule has 0 bridgehead atoms. The highest BCUT2D eigenvalue weighted by Gasteiger charge is 2.15. The Morgan fingerprint density at radius 2 is 2.00 bits per heavy atom. The molecule has 0 aliphatic heterocycles. The molecule has 0 fully saturated rings. The number of hydrogen-bond acceptors (Lipinski definition) is 5. The second kappa shape index (κ2) is 6.18. The van der Waals surface area contributed by atoms with Gasteiger partial charge in [-0.3, -0.25) is 4.55 Å². The normalized spacial score (nSPS) is 10.7. The van der Waals surface area contributed by atoms with Gasteiger partial charge in [-0.15, -0.1) is 0 Å². The molecular formula is C11H12O6S. The SMILES string of the molecule is C=CC(=O)OCCOc1ccccc1S(=O)(=O)O. The van der Waals surface area contributed by atoms with Crippen molar-refractivity contribution in [2.75, 3.05) is 13.2 Å². The third-order valence-electron chi connectivity index (χ3n) is 1.88. The molecule has 1 aromatic rings. The van der Waals surface area contributed by atoms with E-state index in [1.54, 1.807) is 6.07 Å². The van der Waals surface area contributed by atoms with Gasteiger partial charge in [0.1, 0.15) is 23.9 Å². The van der Waals surface area contributed by atoms with Crippen LogP contribution in [0.1, 0.15) is 0 Å². The van der Waals surface area contributed by atoms with Crippen molar-refractivity contribution in [2.45, 2.75) is 4.90 Å². The molecule has 18 heavy (non-hydrogen) atoms. The number of carbonyl (C=O) groups is 1. The van der Waals surface area contributed by atoms with E-state index in [1.165, 1.54) is 18.2 Å². The maximum Gasteiger partial charge on any atom is 0.330 e. The highest BCUT2D eigenvalue weighted by Crippen LogP contribution is 2.22. The van der Waals surface area contributed by atoms with E-state index < -0.39 is 16.1 Å². The summed E-state index contributed by atoms with van der Waals surface area (Å²) in [6.45, 7) is 3.13. The predicted octanol–water partition coefficient (Wildman–Crippen LogP) is 1.04. The molecule has 1 aromatic carbocycles. The third kappa shape index (κ3) is 4.19. The molecular weight excluding hydrogens is 260 g/mol. The lowest BCUT2D eigenvalue weighted by Crippen LogP contribution is -2.11. The standard InChI is InChI=1S/C11H12O6S/c1-2-11(12)17-8-7-16-9-5-3-4-6-10(9)18(13,14)15/h2-6H,1,7-8H2,(H,13,14,15). The molecule has 0 aromatic heterocycles. The van der Waals surface area contributed by atoms with E-state index in [-0.39, 0.29) is 23.9 Å². The Balaban J connectivity index is 2.63. The summed E-state index contributed by atoms with van der Waals surface area (Å²) in [5, 5.41) is 0. The van der Waals surface area contributed by atoms with Gasteiger partial charge in [0.05, 0.1) is 0 Å². The molecule has 98 valence electrons. The number of para-hydroxylation sites is 1. The van der Waals surface area contributed by atoms with Crippen molar-refractivity contribution in [3.63, 3.8) is 0 Å². The molecule has 1 N–H and O–H groups in total. The van der Waals surface area contributed by atoms with Crippen molar-refractivity contribution in [2.24, 2.45) is 0 Å². The monoisotopic (exact) mass is 272 g/mol. The summed E-state index contributed by atoms with van der Waals surface area (Å²) in [7, 11) is -4.34. The van der Waals surface area contributed by atoms with Crippen LogP contribution in [0.2, 0.25) is 0 Å². The van der Waals surface area contributed by atoms with Gasteiger partial charge in [0, 0.05) is 6.08 Å². The summed E-state index contributed by atoms with van der Waals surface area (Å²) in [6.07, 6.45) is 1.01. The van der Waals surface area contributed by atoms with Gasteiger partial charge in [-0.1, -0.05) is 18.7 Å². The highest BCUT2D eigenvalue weighted by atomic mass is 32.2. The summed E-state index contributed by atoms with van der Waals surface area (Å²) in [6, 6.07) is 5.60. The molecule has 0 spiro atoms. The van der Waals surface area contributed by atoms with Crippen molar-refractivity contribution in [1.29, 1.82) is 0 Å². The average molecular weight is 272 g/mol. The molecule has 0 aliphatic rings. The molecule has 6 nitrogen and oxygen atoms in total. The third-order valence-corrected chi connectivity index (χ3v) is 2.77. The number of hydrogen-bond donors (Lipinski definition) is 1. The highest BCUT2D eigenvalue weighted by molar-refractivity contribution is 7.86. The lowest BCUT2D eigenvalue weighted by Gasteiger charge is -2.09. The van der Waals surface area contributed by atoms with Crippen molar-refractivity contribution < 1.29 is 27.2 Å². The molecule has 0 radical (unpaired) electrons. The smallest absolute Gasteiger partial charge is 0.330 e. The molecule has 0 heterocycles. The van der Waals surface area contributed by atoms with E-state index in [0.29, 0.717) is 0 Å². The molecule has 0 aliphatic carbocycles. The quantitative estimate of drug-likeness (QED) is 0.360. The topological polar surface area (TPSA) is 89.9 Å². The van der Waals surface area contributed by atoms with E-state index in [2.05, 4.69) is 11.3 Å². The van der Waals surface area contributed by atoms with Gasteiger partial charge >= 0.3 is 5.97 Å². The lowest BCUT2D eigenvalue weighted by molar-refractivity contribution is -0.138. The van der Waals surface area contributed by atoms with Gasteiger partial charge in [0.2, 0.25) is 0 Å². The Morgan fingerprint density at radius 1 is 1.33 bits per heavy atom. The van der Waals surface area contributed by atoms with Crippen LogP contribution in [0.4, 0.5) is 0 Å². The van der Waals surface area contributed by atoms with Crippen molar-refractivity contribution >= 4 is 16.1 Å². The molecule has 0 saturated carbocycles. The number of ether oxygens (including phenoxy) is 2. The van der Waals surface area contributed by atoms with Crippen molar-refractivity contribution in [3.8, 4) is 5.75 Å². The first kappa shape index (κ1) is 14.2. The minimum Gasteiger partial charge on any atom is -0.489 e. The molecule has 0 unspecified atom stereocenters. The Kier molecular flexibility index (Phi) is 4.87. The van der Waals surface area contributed by atoms with Gasteiger partial charge in [-0.05, 0) is 12.1 Å². The lowest BCUT2D eigenvalue weighted by atomic mass is 10.3. The largest absolute Gasteiger partial charge is 0.489 e. The summed E-state index contributed by atoms with van der Waals surface area (Å²) >= 11 is 0. The van der Waals surface area contributed by atoms with Crippen LogP contribution < -0.4 is 4.74 Å².